The van der Waals surface area contributed by atoms with Crippen molar-refractivity contribution in [3.63, 3.8) is 0 Å². The highest BCUT2D eigenvalue weighted by molar-refractivity contribution is 4.99. The van der Waals surface area contributed by atoms with E-state index < -0.39 is 11.8 Å². The zero-order valence-corrected chi connectivity index (χ0v) is 7.34. The van der Waals surface area contributed by atoms with E-state index in [1.165, 1.54) is 0 Å². The molecule has 0 aromatic heterocycles. The van der Waals surface area contributed by atoms with Crippen molar-refractivity contribution in [2.75, 3.05) is 19.6 Å². The van der Waals surface area contributed by atoms with Gasteiger partial charge in [0, 0.05) is 25.4 Å². The minimum atomic E-state index is -2.48. The van der Waals surface area contributed by atoms with Crippen LogP contribution < -0.4 is 0 Å². The molecule has 4 heteroatoms. The van der Waals surface area contributed by atoms with E-state index in [2.05, 4.69) is 0 Å². The number of alkyl halides is 2. The van der Waals surface area contributed by atoms with E-state index in [1.807, 2.05) is 11.0 Å². The molecule has 2 unspecified atom stereocenters. The first-order valence-corrected chi connectivity index (χ1v) is 4.60. The summed E-state index contributed by atoms with van der Waals surface area (Å²) < 4.78 is 26.4. The Morgan fingerprint density at radius 3 is 2.85 bits per heavy atom. The first-order chi connectivity index (χ1) is 6.13. The molecule has 0 spiro atoms. The van der Waals surface area contributed by atoms with Gasteiger partial charge in [-0.25, -0.2) is 8.78 Å². The molecule has 1 aliphatic heterocycles. The summed E-state index contributed by atoms with van der Waals surface area (Å²) in [7, 11) is 0. The summed E-state index contributed by atoms with van der Waals surface area (Å²) in [5.41, 5.74) is 0. The van der Waals surface area contributed by atoms with E-state index in [1.54, 1.807) is 0 Å². The number of nitriles is 1. The largest absolute Gasteiger partial charge is 0.290 e. The van der Waals surface area contributed by atoms with E-state index in [4.69, 9.17) is 5.26 Å². The van der Waals surface area contributed by atoms with Crippen molar-refractivity contribution in [1.29, 1.82) is 5.26 Å². The lowest BCUT2D eigenvalue weighted by molar-refractivity contribution is -0.0394. The highest BCUT2D eigenvalue weighted by Crippen LogP contribution is 2.47. The summed E-state index contributed by atoms with van der Waals surface area (Å²) in [5, 5.41) is 8.44. The average Bonchev–Trinajstić information content (AvgIpc) is 2.55. The fraction of sp³-hybridized carbons (Fsp3) is 0.889. The molecule has 2 fully saturated rings. The maximum atomic E-state index is 13.2. The lowest BCUT2D eigenvalue weighted by atomic mass is 9.99. The van der Waals surface area contributed by atoms with Gasteiger partial charge in [-0.3, -0.25) is 4.90 Å². The molecule has 2 rings (SSSR count). The summed E-state index contributed by atoms with van der Waals surface area (Å²) in [4.78, 5) is 1.84. The van der Waals surface area contributed by atoms with Crippen LogP contribution in [-0.2, 0) is 0 Å². The van der Waals surface area contributed by atoms with Crippen LogP contribution in [-0.4, -0.2) is 30.5 Å². The van der Waals surface area contributed by atoms with Gasteiger partial charge < -0.3 is 0 Å². The number of rotatable bonds is 1. The Labute approximate surface area is 76.1 Å². The van der Waals surface area contributed by atoms with Crippen LogP contribution in [0, 0.1) is 23.2 Å². The van der Waals surface area contributed by atoms with Crippen LogP contribution in [0.4, 0.5) is 8.78 Å². The molecule has 0 radical (unpaired) electrons. The van der Waals surface area contributed by atoms with Crippen molar-refractivity contribution in [1.82, 2.24) is 4.90 Å². The molecular weight excluding hydrogens is 174 g/mol. The molecular formula is C9H12F2N2. The van der Waals surface area contributed by atoms with Gasteiger partial charge in [-0.1, -0.05) is 0 Å². The van der Waals surface area contributed by atoms with Crippen molar-refractivity contribution in [2.45, 2.75) is 18.8 Å². The molecule has 2 atom stereocenters. The zero-order chi connectivity index (χ0) is 9.47. The number of hydrogen-bond acceptors (Lipinski definition) is 2. The smallest absolute Gasteiger partial charge is 0.252 e. The Kier molecular flexibility index (Phi) is 1.99. The molecule has 0 amide bonds. The first kappa shape index (κ1) is 8.89. The Morgan fingerprint density at radius 1 is 1.46 bits per heavy atom. The number of fused-ring (bicyclic) bond motifs is 1. The topological polar surface area (TPSA) is 27.0 Å². The third-order valence-electron chi connectivity index (χ3n) is 3.20. The molecule has 1 aliphatic carbocycles. The molecule has 0 N–H and O–H groups in total. The molecule has 2 aliphatic rings. The SMILES string of the molecule is N#CCN1CC2CCC(F)(F)C2C1. The Morgan fingerprint density at radius 2 is 2.23 bits per heavy atom. The van der Waals surface area contributed by atoms with Gasteiger partial charge in [0.2, 0.25) is 0 Å². The van der Waals surface area contributed by atoms with Gasteiger partial charge >= 0.3 is 0 Å². The predicted octanol–water partition coefficient (Wildman–Crippen LogP) is 1.49. The van der Waals surface area contributed by atoms with Gasteiger partial charge in [0.1, 0.15) is 0 Å². The van der Waals surface area contributed by atoms with Crippen molar-refractivity contribution in [2.24, 2.45) is 11.8 Å². The normalized spacial score (nSPS) is 37.3. The minimum absolute atomic E-state index is 0.0444. The van der Waals surface area contributed by atoms with E-state index in [0.717, 1.165) is 0 Å². The third-order valence-corrected chi connectivity index (χ3v) is 3.20. The molecule has 2 nitrogen and oxygen atoms in total. The van der Waals surface area contributed by atoms with Gasteiger partial charge in [-0.05, 0) is 12.3 Å². The van der Waals surface area contributed by atoms with Crippen LogP contribution in [0.25, 0.3) is 0 Å². The van der Waals surface area contributed by atoms with Crippen LogP contribution in [0.5, 0.6) is 0 Å². The summed E-state index contributed by atoms with van der Waals surface area (Å²) in [6.45, 7) is 1.39. The Bertz CT molecular complexity index is 246. The quantitative estimate of drug-likeness (QED) is 0.580. The standard InChI is InChI=1S/C9H12F2N2/c10-9(11)2-1-7-5-13(4-3-12)6-8(7)9/h7-8H,1-2,4-6H2. The minimum Gasteiger partial charge on any atom is -0.290 e. The third kappa shape index (κ3) is 1.42. The second-order valence-electron chi connectivity index (χ2n) is 4.02. The van der Waals surface area contributed by atoms with E-state index in [9.17, 15) is 8.78 Å². The number of halogens is 2. The Hall–Kier alpha value is -0.690. The predicted molar refractivity (Wildman–Crippen MR) is 43.2 cm³/mol. The number of nitrogens with zero attached hydrogens (tertiary/aromatic N) is 2. The van der Waals surface area contributed by atoms with Crippen molar-refractivity contribution in [3.05, 3.63) is 0 Å². The highest BCUT2D eigenvalue weighted by Gasteiger charge is 2.53. The molecule has 13 heavy (non-hydrogen) atoms. The fourth-order valence-corrected chi connectivity index (χ4v) is 2.52. The second-order valence-corrected chi connectivity index (χ2v) is 4.02. The van der Waals surface area contributed by atoms with E-state index in [-0.39, 0.29) is 12.3 Å². The van der Waals surface area contributed by atoms with Gasteiger partial charge in [-0.2, -0.15) is 5.26 Å². The number of likely N-dealkylation sites (tertiary alicyclic amines) is 1. The lowest BCUT2D eigenvalue weighted by Crippen LogP contribution is -2.29. The van der Waals surface area contributed by atoms with Crippen LogP contribution in [0.1, 0.15) is 12.8 Å². The van der Waals surface area contributed by atoms with Crippen LogP contribution in [0.3, 0.4) is 0 Å². The maximum absolute atomic E-state index is 13.2. The van der Waals surface area contributed by atoms with Crippen molar-refractivity contribution in [3.8, 4) is 6.07 Å². The monoisotopic (exact) mass is 186 g/mol. The summed E-state index contributed by atoms with van der Waals surface area (Å²) in [5.74, 6) is -2.83. The lowest BCUT2D eigenvalue weighted by Gasteiger charge is -2.18. The summed E-state index contributed by atoms with van der Waals surface area (Å²) in [6.07, 6.45) is 0.669. The average molecular weight is 186 g/mol. The second kappa shape index (κ2) is 2.91. The number of hydrogen-bond donors (Lipinski definition) is 0. The molecule has 72 valence electrons. The van der Waals surface area contributed by atoms with Crippen LogP contribution in [0.15, 0.2) is 0 Å². The fourth-order valence-electron chi connectivity index (χ4n) is 2.52. The molecule has 1 saturated heterocycles. The van der Waals surface area contributed by atoms with Gasteiger partial charge in [0.15, 0.2) is 0 Å². The Balaban J connectivity index is 2.02. The molecule has 1 saturated carbocycles. The summed E-state index contributed by atoms with van der Waals surface area (Å²) in [6, 6.07) is 2.01. The maximum Gasteiger partial charge on any atom is 0.252 e. The van der Waals surface area contributed by atoms with E-state index in [0.29, 0.717) is 26.1 Å². The first-order valence-electron chi connectivity index (χ1n) is 4.60. The summed E-state index contributed by atoms with van der Waals surface area (Å²) >= 11 is 0. The van der Waals surface area contributed by atoms with Crippen LogP contribution in [0.2, 0.25) is 0 Å². The van der Waals surface area contributed by atoms with Gasteiger partial charge in [-0.15, -0.1) is 0 Å². The molecule has 0 aromatic rings. The molecule has 0 aromatic carbocycles. The molecule has 1 heterocycles. The van der Waals surface area contributed by atoms with Crippen LogP contribution >= 0.6 is 0 Å². The molecule has 0 bridgehead atoms. The van der Waals surface area contributed by atoms with Gasteiger partial charge in [0.05, 0.1) is 12.6 Å². The van der Waals surface area contributed by atoms with Crippen molar-refractivity contribution >= 4 is 0 Å². The van der Waals surface area contributed by atoms with E-state index >= 15 is 0 Å². The van der Waals surface area contributed by atoms with Gasteiger partial charge in [0.25, 0.3) is 5.92 Å². The highest BCUT2D eigenvalue weighted by atomic mass is 19.3. The van der Waals surface area contributed by atoms with Crippen molar-refractivity contribution < 1.29 is 8.78 Å². The zero-order valence-electron chi connectivity index (χ0n) is 7.34.